The van der Waals surface area contributed by atoms with E-state index in [1.54, 1.807) is 0 Å². The Bertz CT molecular complexity index is 529. The Labute approximate surface area is 130 Å². The van der Waals surface area contributed by atoms with Crippen LogP contribution in [0.15, 0.2) is 18.2 Å². The second-order valence-electron chi connectivity index (χ2n) is 6.00. The van der Waals surface area contributed by atoms with Crippen LogP contribution in [0.2, 0.25) is 5.02 Å². The van der Waals surface area contributed by atoms with Gasteiger partial charge in [-0.15, -0.1) is 0 Å². The number of rotatable bonds is 4. The summed E-state index contributed by atoms with van der Waals surface area (Å²) in [6.07, 6.45) is 0.995. The van der Waals surface area contributed by atoms with E-state index in [1.165, 1.54) is 0 Å². The summed E-state index contributed by atoms with van der Waals surface area (Å²) >= 11 is 6.35. The lowest BCUT2D eigenvalue weighted by Crippen LogP contribution is -2.35. The number of anilines is 1. The Balaban J connectivity index is 1.60. The number of morpholine rings is 1. The molecule has 0 bridgehead atoms. The van der Waals surface area contributed by atoms with E-state index in [1.807, 2.05) is 18.2 Å². The van der Waals surface area contributed by atoms with Crippen molar-refractivity contribution in [3.63, 3.8) is 0 Å². The summed E-state index contributed by atoms with van der Waals surface area (Å²) in [5, 5.41) is 3.66. The fourth-order valence-corrected chi connectivity index (χ4v) is 2.92. The van der Waals surface area contributed by atoms with E-state index in [2.05, 4.69) is 17.1 Å². The SMILES string of the molecule is C[C@@H]1C[C@@H]1C(=O)Nc1ccc(CN2CCOCC2)c(Cl)c1. The van der Waals surface area contributed by atoms with Gasteiger partial charge in [0.25, 0.3) is 0 Å². The summed E-state index contributed by atoms with van der Waals surface area (Å²) < 4.78 is 5.35. The third-order valence-corrected chi connectivity index (χ3v) is 4.62. The lowest BCUT2D eigenvalue weighted by atomic mass is 10.1. The molecule has 0 unspecified atom stereocenters. The maximum Gasteiger partial charge on any atom is 0.227 e. The first-order valence-electron chi connectivity index (χ1n) is 7.53. The smallest absolute Gasteiger partial charge is 0.227 e. The lowest BCUT2D eigenvalue weighted by molar-refractivity contribution is -0.117. The largest absolute Gasteiger partial charge is 0.379 e. The Morgan fingerprint density at radius 3 is 2.76 bits per heavy atom. The van der Waals surface area contributed by atoms with Crippen LogP contribution in [0, 0.1) is 11.8 Å². The molecular weight excluding hydrogens is 288 g/mol. The van der Waals surface area contributed by atoms with Gasteiger partial charge in [-0.2, -0.15) is 0 Å². The molecule has 1 saturated heterocycles. The van der Waals surface area contributed by atoms with Crippen LogP contribution in [0.4, 0.5) is 5.69 Å². The fourth-order valence-electron chi connectivity index (χ4n) is 2.68. The zero-order valence-corrected chi connectivity index (χ0v) is 13.0. The van der Waals surface area contributed by atoms with Gasteiger partial charge in [0.05, 0.1) is 13.2 Å². The van der Waals surface area contributed by atoms with Crippen LogP contribution in [-0.4, -0.2) is 37.1 Å². The first-order chi connectivity index (χ1) is 10.1. The van der Waals surface area contributed by atoms with E-state index in [9.17, 15) is 4.79 Å². The minimum atomic E-state index is 0.111. The average molecular weight is 309 g/mol. The number of carbonyl (C=O) groups excluding carboxylic acids is 1. The standard InChI is InChI=1S/C16H21ClN2O2/c1-11-8-14(11)16(20)18-13-3-2-12(15(17)9-13)10-19-4-6-21-7-5-19/h2-3,9,11,14H,4-8,10H2,1H3,(H,18,20)/t11-,14+/m1/s1. The second-order valence-corrected chi connectivity index (χ2v) is 6.41. The Morgan fingerprint density at radius 2 is 2.14 bits per heavy atom. The molecule has 1 saturated carbocycles. The molecule has 2 aliphatic rings. The number of ether oxygens (including phenoxy) is 1. The van der Waals surface area contributed by atoms with Gasteiger partial charge in [-0.1, -0.05) is 24.6 Å². The van der Waals surface area contributed by atoms with Crippen molar-refractivity contribution < 1.29 is 9.53 Å². The van der Waals surface area contributed by atoms with Gasteiger partial charge in [0.2, 0.25) is 5.91 Å². The van der Waals surface area contributed by atoms with Crippen molar-refractivity contribution in [2.75, 3.05) is 31.6 Å². The molecule has 4 nitrogen and oxygen atoms in total. The zero-order chi connectivity index (χ0) is 14.8. The van der Waals surface area contributed by atoms with Gasteiger partial charge < -0.3 is 10.1 Å². The molecule has 1 aliphatic heterocycles. The minimum absolute atomic E-state index is 0.111. The van der Waals surface area contributed by atoms with Crippen molar-refractivity contribution >= 4 is 23.2 Å². The van der Waals surface area contributed by atoms with Gasteiger partial charge in [-0.05, 0) is 30.0 Å². The summed E-state index contributed by atoms with van der Waals surface area (Å²) in [6.45, 7) is 6.37. The number of nitrogens with zero attached hydrogens (tertiary/aromatic N) is 1. The van der Waals surface area contributed by atoms with E-state index >= 15 is 0 Å². The molecule has 5 heteroatoms. The van der Waals surface area contributed by atoms with Gasteiger partial charge in [-0.25, -0.2) is 0 Å². The summed E-state index contributed by atoms with van der Waals surface area (Å²) in [6, 6.07) is 5.79. The normalized spacial score (nSPS) is 25.6. The first kappa shape index (κ1) is 14.8. The molecule has 3 rings (SSSR count). The molecule has 1 N–H and O–H groups in total. The molecule has 114 valence electrons. The van der Waals surface area contributed by atoms with Crippen molar-refractivity contribution in [2.45, 2.75) is 19.9 Å². The molecule has 2 fully saturated rings. The third kappa shape index (κ3) is 3.76. The van der Waals surface area contributed by atoms with Crippen molar-refractivity contribution in [1.82, 2.24) is 4.90 Å². The van der Waals surface area contributed by atoms with Crippen LogP contribution in [0.1, 0.15) is 18.9 Å². The molecule has 0 radical (unpaired) electrons. The molecule has 1 aliphatic carbocycles. The van der Waals surface area contributed by atoms with E-state index in [0.717, 1.165) is 50.5 Å². The third-order valence-electron chi connectivity index (χ3n) is 4.26. The van der Waals surface area contributed by atoms with Gasteiger partial charge in [0, 0.05) is 36.3 Å². The number of amides is 1. The maximum absolute atomic E-state index is 11.9. The van der Waals surface area contributed by atoms with Crippen LogP contribution in [0.3, 0.4) is 0 Å². The Hall–Kier alpha value is -1.10. The van der Waals surface area contributed by atoms with Crippen LogP contribution in [0.25, 0.3) is 0 Å². The summed E-state index contributed by atoms with van der Waals surface area (Å²) in [4.78, 5) is 14.3. The number of halogens is 1. The number of hydrogen-bond donors (Lipinski definition) is 1. The van der Waals surface area contributed by atoms with E-state index in [0.29, 0.717) is 10.9 Å². The van der Waals surface area contributed by atoms with E-state index in [-0.39, 0.29) is 11.8 Å². The summed E-state index contributed by atoms with van der Waals surface area (Å²) in [5.74, 6) is 0.803. The van der Waals surface area contributed by atoms with Gasteiger partial charge in [-0.3, -0.25) is 9.69 Å². The Kier molecular flexibility index (Phi) is 4.48. The van der Waals surface area contributed by atoms with Gasteiger partial charge in [0.15, 0.2) is 0 Å². The molecule has 1 aromatic rings. The monoisotopic (exact) mass is 308 g/mol. The van der Waals surface area contributed by atoms with Crippen LogP contribution < -0.4 is 5.32 Å². The average Bonchev–Trinajstić information content (AvgIpc) is 3.20. The van der Waals surface area contributed by atoms with Gasteiger partial charge >= 0.3 is 0 Å². The molecule has 0 spiro atoms. The van der Waals surface area contributed by atoms with Gasteiger partial charge in [0.1, 0.15) is 0 Å². The fraction of sp³-hybridized carbons (Fsp3) is 0.562. The minimum Gasteiger partial charge on any atom is -0.379 e. The molecule has 2 atom stereocenters. The predicted octanol–water partition coefficient (Wildman–Crippen LogP) is 2.77. The first-order valence-corrected chi connectivity index (χ1v) is 7.90. The molecule has 0 aromatic heterocycles. The summed E-state index contributed by atoms with van der Waals surface area (Å²) in [5.41, 5.74) is 1.88. The Morgan fingerprint density at radius 1 is 1.43 bits per heavy atom. The zero-order valence-electron chi connectivity index (χ0n) is 12.3. The highest BCUT2D eigenvalue weighted by atomic mass is 35.5. The topological polar surface area (TPSA) is 41.6 Å². The molecule has 1 heterocycles. The summed E-state index contributed by atoms with van der Waals surface area (Å²) in [7, 11) is 0. The highest BCUT2D eigenvalue weighted by Gasteiger charge is 2.39. The highest BCUT2D eigenvalue weighted by Crippen LogP contribution is 2.38. The quantitative estimate of drug-likeness (QED) is 0.930. The van der Waals surface area contributed by atoms with E-state index < -0.39 is 0 Å². The van der Waals surface area contributed by atoms with Crippen LogP contribution in [0.5, 0.6) is 0 Å². The van der Waals surface area contributed by atoms with Crippen molar-refractivity contribution in [2.24, 2.45) is 11.8 Å². The number of hydrogen-bond acceptors (Lipinski definition) is 3. The second kappa shape index (κ2) is 6.34. The van der Waals surface area contributed by atoms with Crippen molar-refractivity contribution in [1.29, 1.82) is 0 Å². The van der Waals surface area contributed by atoms with Crippen molar-refractivity contribution in [3.05, 3.63) is 28.8 Å². The number of benzene rings is 1. The van der Waals surface area contributed by atoms with E-state index in [4.69, 9.17) is 16.3 Å². The number of nitrogens with one attached hydrogen (secondary N) is 1. The van der Waals surface area contributed by atoms with Crippen molar-refractivity contribution in [3.8, 4) is 0 Å². The molecule has 1 aromatic carbocycles. The lowest BCUT2D eigenvalue weighted by Gasteiger charge is -2.27. The maximum atomic E-state index is 11.9. The number of carbonyl (C=O) groups is 1. The van der Waals surface area contributed by atoms with Crippen LogP contribution >= 0.6 is 11.6 Å². The molecule has 1 amide bonds. The molecule has 21 heavy (non-hydrogen) atoms. The highest BCUT2D eigenvalue weighted by molar-refractivity contribution is 6.31. The molecular formula is C16H21ClN2O2. The van der Waals surface area contributed by atoms with Crippen LogP contribution in [-0.2, 0) is 16.1 Å². The predicted molar refractivity (Wildman–Crippen MR) is 83.4 cm³/mol.